The maximum atomic E-state index is 12.1. The summed E-state index contributed by atoms with van der Waals surface area (Å²) in [5, 5.41) is 6.05. The van der Waals surface area contributed by atoms with E-state index in [1.54, 1.807) is 7.11 Å². The van der Waals surface area contributed by atoms with Gasteiger partial charge in [0.25, 0.3) is 0 Å². The number of guanidine groups is 1. The molecule has 1 amide bonds. The molecule has 0 atom stereocenters. The molecule has 0 spiro atoms. The van der Waals surface area contributed by atoms with Crippen LogP contribution >= 0.6 is 0 Å². The van der Waals surface area contributed by atoms with Crippen LogP contribution in [0.25, 0.3) is 0 Å². The third kappa shape index (κ3) is 5.81. The number of para-hydroxylation sites is 2. The van der Waals surface area contributed by atoms with E-state index in [1.807, 2.05) is 73.5 Å². The Morgan fingerprint density at radius 3 is 2.50 bits per heavy atom. The quantitative estimate of drug-likeness (QED) is 0.593. The molecule has 0 radical (unpaired) electrons. The van der Waals surface area contributed by atoms with E-state index in [2.05, 4.69) is 15.6 Å². The highest BCUT2D eigenvalue weighted by atomic mass is 16.5. The predicted octanol–water partition coefficient (Wildman–Crippen LogP) is 2.73. The Morgan fingerprint density at radius 1 is 1.12 bits per heavy atom. The third-order valence-corrected chi connectivity index (χ3v) is 3.73. The molecule has 0 bridgehead atoms. The Morgan fingerprint density at radius 2 is 1.81 bits per heavy atom. The van der Waals surface area contributed by atoms with E-state index in [0.29, 0.717) is 12.5 Å². The molecule has 0 fully saturated rings. The molecule has 0 aromatic heterocycles. The van der Waals surface area contributed by atoms with Crippen LogP contribution in [0.15, 0.2) is 59.6 Å². The standard InChI is InChI=1S/C20H26N4O2/c1-4-21-20(22-14-19(25)23-17-11-6-5-7-12-17)24(2)15-16-10-8-9-13-18(16)26-3/h5-13H,4,14-15H2,1-3H3,(H,21,22)(H,23,25). The summed E-state index contributed by atoms with van der Waals surface area (Å²) in [6.45, 7) is 3.38. The number of methoxy groups -OCH3 is 1. The smallest absolute Gasteiger partial charge is 0.246 e. The van der Waals surface area contributed by atoms with Crippen LogP contribution in [0, 0.1) is 0 Å². The van der Waals surface area contributed by atoms with Gasteiger partial charge < -0.3 is 20.3 Å². The minimum atomic E-state index is -0.155. The van der Waals surface area contributed by atoms with E-state index in [1.165, 1.54) is 0 Å². The normalized spacial score (nSPS) is 11.0. The van der Waals surface area contributed by atoms with Crippen molar-refractivity contribution in [1.82, 2.24) is 10.2 Å². The lowest BCUT2D eigenvalue weighted by Crippen LogP contribution is -2.39. The van der Waals surface area contributed by atoms with Gasteiger partial charge in [0.15, 0.2) is 5.96 Å². The van der Waals surface area contributed by atoms with Crippen LogP contribution in [-0.4, -0.2) is 44.0 Å². The van der Waals surface area contributed by atoms with Crippen molar-refractivity contribution in [2.75, 3.05) is 32.6 Å². The lowest BCUT2D eigenvalue weighted by Gasteiger charge is -2.23. The second-order valence-corrected chi connectivity index (χ2v) is 5.75. The Bertz CT molecular complexity index is 732. The summed E-state index contributed by atoms with van der Waals surface area (Å²) in [7, 11) is 3.59. The summed E-state index contributed by atoms with van der Waals surface area (Å²) >= 11 is 0. The van der Waals surface area contributed by atoms with Crippen LogP contribution in [0.4, 0.5) is 5.69 Å². The van der Waals surface area contributed by atoms with Gasteiger partial charge in [-0.3, -0.25) is 4.79 Å². The number of amides is 1. The van der Waals surface area contributed by atoms with Gasteiger partial charge in [0.05, 0.1) is 7.11 Å². The SMILES string of the molecule is CCNC(=NCC(=O)Nc1ccccc1)N(C)Cc1ccccc1OC. The topological polar surface area (TPSA) is 66.0 Å². The number of rotatable bonds is 7. The molecule has 2 N–H and O–H groups in total. The molecule has 6 nitrogen and oxygen atoms in total. The summed E-state index contributed by atoms with van der Waals surface area (Å²) in [6.07, 6.45) is 0. The van der Waals surface area contributed by atoms with Crippen LogP contribution < -0.4 is 15.4 Å². The zero-order chi connectivity index (χ0) is 18.8. The second-order valence-electron chi connectivity index (χ2n) is 5.75. The molecule has 0 saturated carbocycles. The molecular formula is C20H26N4O2. The van der Waals surface area contributed by atoms with E-state index in [9.17, 15) is 4.79 Å². The van der Waals surface area contributed by atoms with Gasteiger partial charge in [0.1, 0.15) is 12.3 Å². The van der Waals surface area contributed by atoms with Gasteiger partial charge >= 0.3 is 0 Å². The molecular weight excluding hydrogens is 328 g/mol. The monoisotopic (exact) mass is 354 g/mol. The summed E-state index contributed by atoms with van der Waals surface area (Å²) < 4.78 is 5.40. The molecule has 0 aliphatic heterocycles. The summed E-state index contributed by atoms with van der Waals surface area (Å²) in [5.74, 6) is 1.34. The number of benzene rings is 2. The highest BCUT2D eigenvalue weighted by Crippen LogP contribution is 2.18. The maximum Gasteiger partial charge on any atom is 0.246 e. The Kier molecular flexibility index (Phi) is 7.49. The number of nitrogens with one attached hydrogen (secondary N) is 2. The van der Waals surface area contributed by atoms with Gasteiger partial charge in [-0.15, -0.1) is 0 Å². The van der Waals surface area contributed by atoms with Crippen molar-refractivity contribution in [1.29, 1.82) is 0 Å². The number of aliphatic imine (C=N–C) groups is 1. The third-order valence-electron chi connectivity index (χ3n) is 3.73. The van der Waals surface area contributed by atoms with Crippen molar-refractivity contribution in [3.8, 4) is 5.75 Å². The van der Waals surface area contributed by atoms with Crippen molar-refractivity contribution < 1.29 is 9.53 Å². The molecule has 0 aliphatic rings. The molecule has 0 heterocycles. The van der Waals surface area contributed by atoms with Crippen LogP contribution in [0.1, 0.15) is 12.5 Å². The number of carbonyl (C=O) groups is 1. The average Bonchev–Trinajstić information content (AvgIpc) is 2.66. The van der Waals surface area contributed by atoms with E-state index in [0.717, 1.165) is 23.5 Å². The van der Waals surface area contributed by atoms with Gasteiger partial charge in [-0.05, 0) is 25.1 Å². The van der Waals surface area contributed by atoms with Gasteiger partial charge in [0.2, 0.25) is 5.91 Å². The summed E-state index contributed by atoms with van der Waals surface area (Å²) in [6, 6.07) is 17.2. The zero-order valence-electron chi connectivity index (χ0n) is 15.5. The Labute approximate surface area is 154 Å². The minimum Gasteiger partial charge on any atom is -0.496 e. The van der Waals surface area contributed by atoms with Crippen molar-refractivity contribution in [2.24, 2.45) is 4.99 Å². The van der Waals surface area contributed by atoms with E-state index >= 15 is 0 Å². The molecule has 26 heavy (non-hydrogen) atoms. The predicted molar refractivity (Wildman–Crippen MR) is 106 cm³/mol. The van der Waals surface area contributed by atoms with Crippen LogP contribution in [0.5, 0.6) is 5.75 Å². The summed E-state index contributed by atoms with van der Waals surface area (Å²) in [4.78, 5) is 18.5. The maximum absolute atomic E-state index is 12.1. The second kappa shape index (κ2) is 10.1. The molecule has 6 heteroatoms. The van der Waals surface area contributed by atoms with Gasteiger partial charge in [-0.1, -0.05) is 36.4 Å². The molecule has 2 aromatic rings. The first-order chi connectivity index (χ1) is 12.6. The fourth-order valence-corrected chi connectivity index (χ4v) is 2.50. The van der Waals surface area contributed by atoms with Gasteiger partial charge in [-0.2, -0.15) is 0 Å². The zero-order valence-corrected chi connectivity index (χ0v) is 15.5. The highest BCUT2D eigenvalue weighted by molar-refractivity contribution is 5.94. The highest BCUT2D eigenvalue weighted by Gasteiger charge is 2.10. The number of hydrogen-bond donors (Lipinski definition) is 2. The lowest BCUT2D eigenvalue weighted by atomic mass is 10.2. The number of ether oxygens (including phenoxy) is 1. The lowest BCUT2D eigenvalue weighted by molar-refractivity contribution is -0.114. The first kappa shape index (κ1) is 19.3. The fourth-order valence-electron chi connectivity index (χ4n) is 2.50. The molecule has 2 rings (SSSR count). The Balaban J connectivity index is 2.01. The molecule has 2 aromatic carbocycles. The van der Waals surface area contributed by atoms with E-state index in [-0.39, 0.29) is 12.5 Å². The van der Waals surface area contributed by atoms with Crippen molar-refractivity contribution in [3.05, 3.63) is 60.2 Å². The van der Waals surface area contributed by atoms with Crippen molar-refractivity contribution in [2.45, 2.75) is 13.5 Å². The molecule has 0 aliphatic carbocycles. The molecule has 0 unspecified atom stereocenters. The van der Waals surface area contributed by atoms with Crippen LogP contribution in [0.3, 0.4) is 0 Å². The molecule has 0 saturated heterocycles. The fraction of sp³-hybridized carbons (Fsp3) is 0.300. The van der Waals surface area contributed by atoms with Crippen LogP contribution in [-0.2, 0) is 11.3 Å². The van der Waals surface area contributed by atoms with Crippen LogP contribution in [0.2, 0.25) is 0 Å². The minimum absolute atomic E-state index is 0.0491. The largest absolute Gasteiger partial charge is 0.496 e. The number of nitrogens with zero attached hydrogens (tertiary/aromatic N) is 2. The average molecular weight is 354 g/mol. The van der Waals surface area contributed by atoms with Gasteiger partial charge in [0, 0.05) is 31.4 Å². The number of hydrogen-bond acceptors (Lipinski definition) is 3. The van der Waals surface area contributed by atoms with Crippen molar-refractivity contribution >= 4 is 17.6 Å². The van der Waals surface area contributed by atoms with E-state index < -0.39 is 0 Å². The first-order valence-electron chi connectivity index (χ1n) is 8.60. The van der Waals surface area contributed by atoms with Gasteiger partial charge in [-0.25, -0.2) is 4.99 Å². The Hall–Kier alpha value is -3.02. The first-order valence-corrected chi connectivity index (χ1v) is 8.60. The summed E-state index contributed by atoms with van der Waals surface area (Å²) in [5.41, 5.74) is 1.82. The number of anilines is 1. The van der Waals surface area contributed by atoms with Crippen molar-refractivity contribution in [3.63, 3.8) is 0 Å². The molecule has 138 valence electrons. The van der Waals surface area contributed by atoms with E-state index in [4.69, 9.17) is 4.74 Å². The number of carbonyl (C=O) groups excluding carboxylic acids is 1.